The van der Waals surface area contributed by atoms with Gasteiger partial charge in [0.05, 0.1) is 11.1 Å². The molecule has 0 saturated carbocycles. The molecule has 2 rings (SSSR count). The molecule has 1 aromatic heterocycles. The molecule has 2 heterocycles. The van der Waals surface area contributed by atoms with E-state index in [2.05, 4.69) is 43.3 Å². The first-order valence-corrected chi connectivity index (χ1v) is 7.23. The van der Waals surface area contributed by atoms with Gasteiger partial charge in [0.1, 0.15) is 11.5 Å². The second-order valence-corrected chi connectivity index (χ2v) is 7.45. The lowest BCUT2D eigenvalue weighted by Crippen LogP contribution is -3.06. The van der Waals surface area contributed by atoms with Gasteiger partial charge < -0.3 is 16.4 Å². The van der Waals surface area contributed by atoms with Crippen LogP contribution in [-0.4, -0.2) is 26.7 Å². The molecule has 0 aromatic carbocycles. The van der Waals surface area contributed by atoms with E-state index in [4.69, 9.17) is 5.73 Å². The summed E-state index contributed by atoms with van der Waals surface area (Å²) in [5, 5.41) is 5.62. The van der Waals surface area contributed by atoms with Crippen molar-refractivity contribution in [2.45, 2.75) is 57.7 Å². The summed E-state index contributed by atoms with van der Waals surface area (Å²) >= 11 is 0. The standard InChI is InChI=1S/C14H25N5O2/c1-13(2)6-8(7-14(3,4)18-13)16-9-10(15)19(5)12(21)17-11(9)20/h8,16,18H,6-7,15H2,1-5H3,(H,17,20,21)/p+1. The highest BCUT2D eigenvalue weighted by Crippen LogP contribution is 2.25. The van der Waals surface area contributed by atoms with Crippen LogP contribution in [0.25, 0.3) is 0 Å². The van der Waals surface area contributed by atoms with E-state index >= 15 is 0 Å². The fourth-order valence-electron chi connectivity index (χ4n) is 3.60. The van der Waals surface area contributed by atoms with Crippen LogP contribution in [0.15, 0.2) is 9.59 Å². The normalized spacial score (nSPS) is 21.2. The van der Waals surface area contributed by atoms with Gasteiger partial charge in [-0.25, -0.2) is 4.79 Å². The first-order valence-electron chi connectivity index (χ1n) is 7.23. The molecular weight excluding hydrogens is 270 g/mol. The van der Waals surface area contributed by atoms with Gasteiger partial charge in [-0.3, -0.25) is 14.3 Å². The van der Waals surface area contributed by atoms with Gasteiger partial charge in [-0.05, 0) is 27.7 Å². The molecule has 6 N–H and O–H groups in total. The third-order valence-corrected chi connectivity index (χ3v) is 4.04. The number of rotatable bonds is 2. The van der Waals surface area contributed by atoms with Crippen LogP contribution in [0.5, 0.6) is 0 Å². The molecule has 21 heavy (non-hydrogen) atoms. The number of nitrogens with one attached hydrogen (secondary N) is 2. The van der Waals surface area contributed by atoms with Crippen molar-refractivity contribution in [2.75, 3.05) is 11.1 Å². The van der Waals surface area contributed by atoms with Gasteiger partial charge in [0.15, 0.2) is 0 Å². The highest BCUT2D eigenvalue weighted by Gasteiger charge is 2.41. The van der Waals surface area contributed by atoms with E-state index in [1.807, 2.05) is 0 Å². The molecule has 0 radical (unpaired) electrons. The average molecular weight is 296 g/mol. The maximum Gasteiger partial charge on any atom is 0.329 e. The number of nitrogens with zero attached hydrogens (tertiary/aromatic N) is 1. The summed E-state index contributed by atoms with van der Waals surface area (Å²) in [4.78, 5) is 25.8. The molecule has 118 valence electrons. The SMILES string of the molecule is Cn1c(N)c(NC2CC(C)(C)[NH2+]C(C)(C)C2)c(=O)[nH]c1=O. The molecule has 1 fully saturated rings. The summed E-state index contributed by atoms with van der Waals surface area (Å²) in [7, 11) is 1.54. The molecule has 0 aliphatic carbocycles. The van der Waals surface area contributed by atoms with Crippen molar-refractivity contribution in [3.8, 4) is 0 Å². The van der Waals surface area contributed by atoms with E-state index in [-0.39, 0.29) is 28.6 Å². The topological polar surface area (TPSA) is 110 Å². The summed E-state index contributed by atoms with van der Waals surface area (Å²) < 4.78 is 1.25. The van der Waals surface area contributed by atoms with Crippen molar-refractivity contribution in [3.05, 3.63) is 20.8 Å². The Morgan fingerprint density at radius 2 is 1.76 bits per heavy atom. The van der Waals surface area contributed by atoms with E-state index in [9.17, 15) is 9.59 Å². The second-order valence-electron chi connectivity index (χ2n) is 7.45. The highest BCUT2D eigenvalue weighted by molar-refractivity contribution is 5.60. The smallest absolute Gasteiger partial charge is 0.329 e. The zero-order valence-electron chi connectivity index (χ0n) is 13.4. The predicted molar refractivity (Wildman–Crippen MR) is 83.4 cm³/mol. The molecular formula is C14H26N5O2+. The van der Waals surface area contributed by atoms with Crippen LogP contribution >= 0.6 is 0 Å². The molecule has 7 heteroatoms. The Morgan fingerprint density at radius 3 is 2.29 bits per heavy atom. The van der Waals surface area contributed by atoms with Crippen molar-refractivity contribution in [2.24, 2.45) is 7.05 Å². The second kappa shape index (κ2) is 4.91. The first-order chi connectivity index (χ1) is 9.51. The molecule has 0 bridgehead atoms. The van der Waals surface area contributed by atoms with E-state index < -0.39 is 11.2 Å². The Morgan fingerprint density at radius 1 is 1.24 bits per heavy atom. The minimum atomic E-state index is -0.499. The van der Waals surface area contributed by atoms with Crippen molar-refractivity contribution >= 4 is 11.5 Å². The number of anilines is 2. The summed E-state index contributed by atoms with van der Waals surface area (Å²) in [6, 6.07) is 0.140. The Labute approximate surface area is 123 Å². The number of nitrogens with two attached hydrogens (primary N) is 2. The number of aromatic nitrogens is 2. The minimum absolute atomic E-state index is 0.0849. The Balaban J connectivity index is 2.33. The zero-order chi connectivity index (χ0) is 16.0. The van der Waals surface area contributed by atoms with Crippen LogP contribution in [0.1, 0.15) is 40.5 Å². The lowest BCUT2D eigenvalue weighted by molar-refractivity contribution is -0.787. The van der Waals surface area contributed by atoms with Gasteiger partial charge in [-0.1, -0.05) is 0 Å². The van der Waals surface area contributed by atoms with E-state index in [0.29, 0.717) is 0 Å². The fraction of sp³-hybridized carbons (Fsp3) is 0.714. The van der Waals surface area contributed by atoms with Gasteiger partial charge >= 0.3 is 5.69 Å². The van der Waals surface area contributed by atoms with Crippen LogP contribution in [0, 0.1) is 0 Å². The molecule has 0 unspecified atom stereocenters. The highest BCUT2D eigenvalue weighted by atomic mass is 16.2. The third kappa shape index (κ3) is 3.29. The number of quaternary nitrogens is 1. The first kappa shape index (κ1) is 15.6. The Hall–Kier alpha value is -1.76. The van der Waals surface area contributed by atoms with Crippen molar-refractivity contribution in [1.82, 2.24) is 9.55 Å². The average Bonchev–Trinajstić information content (AvgIpc) is 2.28. The van der Waals surface area contributed by atoms with Crippen LogP contribution in [-0.2, 0) is 7.05 Å². The molecule has 1 aliphatic heterocycles. The molecule has 1 saturated heterocycles. The Bertz CT molecular complexity index is 640. The maximum atomic E-state index is 12.0. The predicted octanol–water partition coefficient (Wildman–Crippen LogP) is -0.649. The molecule has 0 atom stereocenters. The van der Waals surface area contributed by atoms with Crippen molar-refractivity contribution in [3.63, 3.8) is 0 Å². The third-order valence-electron chi connectivity index (χ3n) is 4.04. The van der Waals surface area contributed by atoms with Gasteiger partial charge in [0.2, 0.25) is 0 Å². The van der Waals surface area contributed by atoms with Crippen LogP contribution in [0.3, 0.4) is 0 Å². The van der Waals surface area contributed by atoms with Gasteiger partial charge in [0.25, 0.3) is 5.56 Å². The van der Waals surface area contributed by atoms with Crippen molar-refractivity contribution < 1.29 is 5.32 Å². The van der Waals surface area contributed by atoms with Gasteiger partial charge in [-0.2, -0.15) is 0 Å². The lowest BCUT2D eigenvalue weighted by Gasteiger charge is -2.43. The monoisotopic (exact) mass is 296 g/mol. The fourth-order valence-corrected chi connectivity index (χ4v) is 3.60. The zero-order valence-corrected chi connectivity index (χ0v) is 13.4. The van der Waals surface area contributed by atoms with Crippen LogP contribution < -0.4 is 27.6 Å². The molecule has 0 amide bonds. The number of piperidine rings is 1. The van der Waals surface area contributed by atoms with Gasteiger partial charge in [-0.15, -0.1) is 0 Å². The minimum Gasteiger partial charge on any atom is -0.383 e. The van der Waals surface area contributed by atoms with E-state index in [1.165, 1.54) is 4.57 Å². The van der Waals surface area contributed by atoms with Gasteiger partial charge in [0, 0.05) is 25.9 Å². The Kier molecular flexibility index (Phi) is 3.65. The molecule has 1 aliphatic rings. The van der Waals surface area contributed by atoms with Crippen LogP contribution in [0.4, 0.5) is 11.5 Å². The summed E-state index contributed by atoms with van der Waals surface area (Å²) in [6.07, 6.45) is 1.83. The maximum absolute atomic E-state index is 12.0. The molecule has 1 aromatic rings. The molecule has 0 spiro atoms. The number of hydrogen-bond acceptors (Lipinski definition) is 4. The van der Waals surface area contributed by atoms with E-state index in [0.717, 1.165) is 12.8 Å². The number of H-pyrrole nitrogens is 1. The number of nitrogen functional groups attached to an aromatic ring is 1. The molecule has 7 nitrogen and oxygen atoms in total. The van der Waals surface area contributed by atoms with E-state index in [1.54, 1.807) is 7.05 Å². The summed E-state index contributed by atoms with van der Waals surface area (Å²) in [6.45, 7) is 8.77. The quantitative estimate of drug-likeness (QED) is 0.581. The summed E-state index contributed by atoms with van der Waals surface area (Å²) in [5.74, 6) is 0.175. The summed E-state index contributed by atoms with van der Waals surface area (Å²) in [5.41, 5.74) is 5.41. The largest absolute Gasteiger partial charge is 0.383 e. The number of aromatic amines is 1. The van der Waals surface area contributed by atoms with Crippen molar-refractivity contribution in [1.29, 1.82) is 0 Å². The van der Waals surface area contributed by atoms with Crippen LogP contribution in [0.2, 0.25) is 0 Å². The number of hydrogen-bond donors (Lipinski definition) is 4. The lowest BCUT2D eigenvalue weighted by atomic mass is 9.79.